The maximum Gasteiger partial charge on any atom is 0.256 e. The first-order valence-electron chi connectivity index (χ1n) is 12.9. The standard InChI is InChI=1S/C27H26ClN9O5/c1-29-25(40)22-20(38)21(39)26(42-22)36-13-31-19-23(30-11-14-5-3-7-16(28)9-14)32-27(33-24(19)36)37-12-18(34-35-37)15-6-4-8-17(10-15)41-2/h3-10,12-13,20-22,26,38-39H,11H2,1-2H3,(H,29,40)(H,30,32,33)/t20-,21+,22-,26+/m0/s1. The van der Waals surface area contributed by atoms with E-state index in [1.807, 2.05) is 42.5 Å². The van der Waals surface area contributed by atoms with Gasteiger partial charge >= 0.3 is 0 Å². The third-order valence-electron chi connectivity index (χ3n) is 6.84. The Morgan fingerprint density at radius 1 is 1.14 bits per heavy atom. The summed E-state index contributed by atoms with van der Waals surface area (Å²) >= 11 is 6.16. The fraction of sp³-hybridized carbons (Fsp3) is 0.259. The SMILES string of the molecule is CNC(=O)[C@H]1O[C@@H](n2cnc3c(NCc4cccc(Cl)c4)nc(-n4cc(-c5cccc(OC)c5)nn4)nc32)[C@H](O)[C@@H]1O. The summed E-state index contributed by atoms with van der Waals surface area (Å²) in [5.74, 6) is 0.613. The number of rotatable bonds is 8. The van der Waals surface area contributed by atoms with E-state index >= 15 is 0 Å². The molecule has 0 aliphatic carbocycles. The Morgan fingerprint density at radius 2 is 1.98 bits per heavy atom. The second-order valence-corrected chi connectivity index (χ2v) is 9.94. The predicted molar refractivity (Wildman–Crippen MR) is 151 cm³/mol. The first-order valence-corrected chi connectivity index (χ1v) is 13.3. The number of nitrogens with one attached hydrogen (secondary N) is 2. The Hall–Kier alpha value is -4.63. The summed E-state index contributed by atoms with van der Waals surface area (Å²) in [5.41, 5.74) is 2.87. The molecular weight excluding hydrogens is 566 g/mol. The van der Waals surface area contributed by atoms with E-state index in [1.54, 1.807) is 19.4 Å². The maximum absolute atomic E-state index is 12.2. The largest absolute Gasteiger partial charge is 0.497 e. The molecule has 1 aliphatic rings. The summed E-state index contributed by atoms with van der Waals surface area (Å²) < 4.78 is 13.9. The van der Waals surface area contributed by atoms with Crippen LogP contribution in [-0.4, -0.2) is 83.1 Å². The third kappa shape index (κ3) is 5.12. The highest BCUT2D eigenvalue weighted by Gasteiger charge is 2.47. The molecule has 1 amide bonds. The van der Waals surface area contributed by atoms with E-state index in [0.29, 0.717) is 34.3 Å². The molecule has 6 rings (SSSR count). The molecule has 1 fully saturated rings. The molecule has 0 unspecified atom stereocenters. The van der Waals surface area contributed by atoms with Crippen LogP contribution in [0, 0.1) is 0 Å². The van der Waals surface area contributed by atoms with Crippen LogP contribution in [0.1, 0.15) is 11.8 Å². The van der Waals surface area contributed by atoms with Crippen LogP contribution in [0.2, 0.25) is 5.02 Å². The number of amides is 1. The quantitative estimate of drug-likeness (QED) is 0.207. The minimum absolute atomic E-state index is 0.148. The molecule has 0 radical (unpaired) electrons. The van der Waals surface area contributed by atoms with Crippen molar-refractivity contribution in [2.24, 2.45) is 0 Å². The van der Waals surface area contributed by atoms with Gasteiger partial charge in [0.2, 0.25) is 0 Å². The number of aliphatic hydroxyl groups is 2. The molecule has 4 heterocycles. The molecule has 0 bridgehead atoms. The number of methoxy groups -OCH3 is 1. The van der Waals surface area contributed by atoms with E-state index in [-0.39, 0.29) is 11.6 Å². The van der Waals surface area contributed by atoms with E-state index < -0.39 is 30.4 Å². The summed E-state index contributed by atoms with van der Waals surface area (Å²) in [4.78, 5) is 26.0. The van der Waals surface area contributed by atoms with E-state index in [2.05, 4.69) is 35.9 Å². The van der Waals surface area contributed by atoms with Gasteiger partial charge in [-0.05, 0) is 29.8 Å². The van der Waals surface area contributed by atoms with Crippen molar-refractivity contribution in [2.75, 3.05) is 19.5 Å². The van der Waals surface area contributed by atoms with Crippen LogP contribution in [0.3, 0.4) is 0 Å². The molecule has 4 atom stereocenters. The summed E-state index contributed by atoms with van der Waals surface area (Å²) in [6.07, 6.45) is -2.26. The molecule has 0 saturated carbocycles. The minimum Gasteiger partial charge on any atom is -0.497 e. The Morgan fingerprint density at radius 3 is 2.76 bits per heavy atom. The topological polar surface area (TPSA) is 174 Å². The number of benzene rings is 2. The molecule has 2 aromatic carbocycles. The number of halogens is 1. The second kappa shape index (κ2) is 11.3. The van der Waals surface area contributed by atoms with Crippen molar-refractivity contribution in [1.82, 2.24) is 39.8 Å². The van der Waals surface area contributed by atoms with Crippen molar-refractivity contribution in [3.63, 3.8) is 0 Å². The van der Waals surface area contributed by atoms with Gasteiger partial charge in [-0.3, -0.25) is 9.36 Å². The van der Waals surface area contributed by atoms with Crippen LogP contribution < -0.4 is 15.4 Å². The van der Waals surface area contributed by atoms with Crippen molar-refractivity contribution in [3.05, 3.63) is 71.6 Å². The number of carbonyl (C=O) groups excluding carboxylic acids is 1. The summed E-state index contributed by atoms with van der Waals surface area (Å²) in [6, 6.07) is 14.8. The summed E-state index contributed by atoms with van der Waals surface area (Å²) in [5, 5.41) is 36.1. The number of ether oxygens (including phenoxy) is 2. The zero-order chi connectivity index (χ0) is 29.4. The van der Waals surface area contributed by atoms with E-state index in [9.17, 15) is 15.0 Å². The smallest absolute Gasteiger partial charge is 0.256 e. The lowest BCUT2D eigenvalue weighted by atomic mass is 10.1. The van der Waals surface area contributed by atoms with Gasteiger partial charge < -0.3 is 30.3 Å². The van der Waals surface area contributed by atoms with Gasteiger partial charge in [0.1, 0.15) is 23.7 Å². The van der Waals surface area contributed by atoms with Gasteiger partial charge in [0.05, 0.1) is 19.6 Å². The third-order valence-corrected chi connectivity index (χ3v) is 7.07. The van der Waals surface area contributed by atoms with E-state index in [1.165, 1.54) is 22.6 Å². The number of likely N-dealkylation sites (N-methyl/N-ethyl adjacent to an activating group) is 1. The zero-order valence-corrected chi connectivity index (χ0v) is 23.2. The molecule has 42 heavy (non-hydrogen) atoms. The fourth-order valence-electron chi connectivity index (χ4n) is 4.67. The molecule has 3 aromatic heterocycles. The number of imidazole rings is 1. The highest BCUT2D eigenvalue weighted by Crippen LogP contribution is 2.33. The van der Waals surface area contributed by atoms with Crippen molar-refractivity contribution in [1.29, 1.82) is 0 Å². The van der Waals surface area contributed by atoms with Gasteiger partial charge in [0.25, 0.3) is 11.9 Å². The molecule has 1 aliphatic heterocycles. The molecule has 4 N–H and O–H groups in total. The number of fused-ring (bicyclic) bond motifs is 1. The Bertz CT molecular complexity index is 1760. The summed E-state index contributed by atoms with van der Waals surface area (Å²) in [6.45, 7) is 0.366. The van der Waals surface area contributed by atoms with Gasteiger partial charge in [-0.25, -0.2) is 4.98 Å². The minimum atomic E-state index is -1.46. The Kier molecular flexibility index (Phi) is 7.43. The highest BCUT2D eigenvalue weighted by molar-refractivity contribution is 6.30. The number of aromatic nitrogens is 7. The fourth-order valence-corrected chi connectivity index (χ4v) is 4.89. The van der Waals surface area contributed by atoms with Crippen molar-refractivity contribution in [2.45, 2.75) is 31.1 Å². The van der Waals surface area contributed by atoms with Gasteiger partial charge in [0, 0.05) is 24.2 Å². The van der Waals surface area contributed by atoms with Crippen molar-refractivity contribution < 1.29 is 24.5 Å². The Balaban J connectivity index is 1.41. The number of carbonyl (C=O) groups is 1. The predicted octanol–water partition coefficient (Wildman–Crippen LogP) is 1.71. The van der Waals surface area contributed by atoms with Gasteiger partial charge in [-0.1, -0.05) is 41.1 Å². The Labute approximate surface area is 243 Å². The summed E-state index contributed by atoms with van der Waals surface area (Å²) in [7, 11) is 3.00. The van der Waals surface area contributed by atoms with Crippen LogP contribution in [0.25, 0.3) is 28.4 Å². The monoisotopic (exact) mass is 591 g/mol. The number of aliphatic hydroxyl groups excluding tert-OH is 2. The highest BCUT2D eigenvalue weighted by atomic mass is 35.5. The van der Waals surface area contributed by atoms with Gasteiger partial charge in [0.15, 0.2) is 29.3 Å². The van der Waals surface area contributed by atoms with Crippen molar-refractivity contribution in [3.8, 4) is 23.0 Å². The molecular formula is C27H26ClN9O5. The first-order chi connectivity index (χ1) is 20.4. The number of anilines is 1. The lowest BCUT2D eigenvalue weighted by molar-refractivity contribution is -0.137. The lowest BCUT2D eigenvalue weighted by Crippen LogP contribution is -2.41. The average molecular weight is 592 g/mol. The van der Waals surface area contributed by atoms with Crippen molar-refractivity contribution >= 4 is 34.5 Å². The van der Waals surface area contributed by atoms with E-state index in [4.69, 9.17) is 21.1 Å². The number of hydrogen-bond donors (Lipinski definition) is 4. The second-order valence-electron chi connectivity index (χ2n) is 9.50. The van der Waals surface area contributed by atoms with Crippen LogP contribution in [0.5, 0.6) is 5.75 Å². The normalized spacial score (nSPS) is 20.1. The molecule has 15 heteroatoms. The van der Waals surface area contributed by atoms with Gasteiger partial charge in [-0.2, -0.15) is 14.6 Å². The number of hydrogen-bond acceptors (Lipinski definition) is 11. The first kappa shape index (κ1) is 27.5. The van der Waals surface area contributed by atoms with Crippen LogP contribution in [0.15, 0.2) is 61.1 Å². The van der Waals surface area contributed by atoms with Crippen LogP contribution in [-0.2, 0) is 16.1 Å². The molecule has 14 nitrogen and oxygen atoms in total. The average Bonchev–Trinajstić information content (AvgIpc) is 3.74. The van der Waals surface area contributed by atoms with E-state index in [0.717, 1.165) is 11.1 Å². The van der Waals surface area contributed by atoms with Crippen LogP contribution >= 0.6 is 11.6 Å². The van der Waals surface area contributed by atoms with Crippen LogP contribution in [0.4, 0.5) is 5.82 Å². The maximum atomic E-state index is 12.2. The molecule has 5 aromatic rings. The molecule has 216 valence electrons. The van der Waals surface area contributed by atoms with Gasteiger partial charge in [-0.15, -0.1) is 5.10 Å². The number of nitrogens with zero attached hydrogens (tertiary/aromatic N) is 7. The molecule has 0 spiro atoms. The molecule has 1 saturated heterocycles. The zero-order valence-electron chi connectivity index (χ0n) is 22.4. The lowest BCUT2D eigenvalue weighted by Gasteiger charge is -2.17.